The van der Waals surface area contributed by atoms with Gasteiger partial charge in [-0.2, -0.15) is 0 Å². The van der Waals surface area contributed by atoms with E-state index in [1.165, 1.54) is 7.11 Å². The third-order valence-electron chi connectivity index (χ3n) is 2.94. The van der Waals surface area contributed by atoms with Crippen LogP contribution >= 0.6 is 0 Å². The van der Waals surface area contributed by atoms with Gasteiger partial charge in [-0.15, -0.1) is 0 Å². The molecule has 0 aliphatic carbocycles. The number of nitrogens with two attached hydrogens (primary N) is 1. The maximum atomic E-state index is 11.5. The Labute approximate surface area is 116 Å². The van der Waals surface area contributed by atoms with Crippen LogP contribution in [0.1, 0.15) is 23.7 Å². The molecule has 1 aromatic rings. The molecule has 0 fully saturated rings. The first-order valence-electron chi connectivity index (χ1n) is 6.00. The molecule has 1 aromatic carbocycles. The van der Waals surface area contributed by atoms with Gasteiger partial charge >= 0.3 is 5.97 Å². The largest absolute Gasteiger partial charge is 0.465 e. The quantitative estimate of drug-likeness (QED) is 0.613. The lowest BCUT2D eigenvalue weighted by Gasteiger charge is -2.13. The molecular formula is C13H20N2O3S. The maximum absolute atomic E-state index is 11.5. The van der Waals surface area contributed by atoms with Crippen LogP contribution in [-0.2, 0) is 15.5 Å². The Bertz CT molecular complexity index is 477. The second-order valence-corrected chi connectivity index (χ2v) is 6.08. The van der Waals surface area contributed by atoms with Gasteiger partial charge in [0.25, 0.3) is 0 Å². The summed E-state index contributed by atoms with van der Waals surface area (Å²) in [5, 5.41) is 3.27. The number of rotatable bonds is 6. The van der Waals surface area contributed by atoms with E-state index >= 15 is 0 Å². The number of hydrogen-bond donors (Lipinski definition) is 2. The summed E-state index contributed by atoms with van der Waals surface area (Å²) in [5.41, 5.74) is 7.33. The number of benzene rings is 1. The molecule has 0 spiro atoms. The second kappa shape index (κ2) is 7.13. The topological polar surface area (TPSA) is 81.4 Å². The van der Waals surface area contributed by atoms with Crippen molar-refractivity contribution in [2.45, 2.75) is 18.6 Å². The van der Waals surface area contributed by atoms with E-state index in [2.05, 4.69) is 10.1 Å². The van der Waals surface area contributed by atoms with Gasteiger partial charge in [0.2, 0.25) is 0 Å². The number of para-hydroxylation sites is 1. The summed E-state index contributed by atoms with van der Waals surface area (Å²) in [6, 6.07) is 5.16. The van der Waals surface area contributed by atoms with Gasteiger partial charge < -0.3 is 15.8 Å². The molecule has 0 aliphatic heterocycles. The fourth-order valence-corrected chi connectivity index (χ4v) is 2.03. The van der Waals surface area contributed by atoms with E-state index in [1.807, 2.05) is 6.92 Å². The van der Waals surface area contributed by atoms with Crippen molar-refractivity contribution in [2.24, 2.45) is 0 Å². The van der Waals surface area contributed by atoms with Gasteiger partial charge in [-0.05, 0) is 18.6 Å². The summed E-state index contributed by atoms with van der Waals surface area (Å²) in [7, 11) is 0.487. The predicted octanol–water partition coefficient (Wildman–Crippen LogP) is 1.62. The van der Waals surface area contributed by atoms with Crippen LogP contribution in [0.4, 0.5) is 11.4 Å². The fraction of sp³-hybridized carbons (Fsp3) is 0.462. The van der Waals surface area contributed by atoms with Crippen LogP contribution in [-0.4, -0.2) is 35.3 Å². The number of carbonyl (C=O) groups excluding carboxylic acids is 1. The van der Waals surface area contributed by atoms with Crippen LogP contribution in [0.25, 0.3) is 0 Å². The van der Waals surface area contributed by atoms with Gasteiger partial charge in [-0.25, -0.2) is 4.79 Å². The molecule has 0 heterocycles. The van der Waals surface area contributed by atoms with Crippen molar-refractivity contribution in [3.63, 3.8) is 0 Å². The highest BCUT2D eigenvalue weighted by Gasteiger charge is 2.13. The zero-order valence-corrected chi connectivity index (χ0v) is 12.3. The lowest BCUT2D eigenvalue weighted by molar-refractivity contribution is 0.0602. The monoisotopic (exact) mass is 284 g/mol. The second-order valence-electron chi connectivity index (χ2n) is 4.28. The first-order chi connectivity index (χ1) is 8.97. The normalized spacial score (nSPS) is 13.6. The van der Waals surface area contributed by atoms with E-state index in [1.54, 1.807) is 24.5 Å². The smallest absolute Gasteiger partial charge is 0.340 e. The lowest BCUT2D eigenvalue weighted by atomic mass is 10.1. The maximum Gasteiger partial charge on any atom is 0.340 e. The Hall–Kier alpha value is -1.56. The number of methoxy groups -OCH3 is 1. The molecule has 0 saturated heterocycles. The Kier molecular flexibility index (Phi) is 5.82. The van der Waals surface area contributed by atoms with Gasteiger partial charge in [0.05, 0.1) is 24.0 Å². The van der Waals surface area contributed by atoms with Crippen molar-refractivity contribution in [1.29, 1.82) is 0 Å². The minimum absolute atomic E-state index is 0.123. The first kappa shape index (κ1) is 15.5. The Morgan fingerprint density at radius 1 is 1.53 bits per heavy atom. The van der Waals surface area contributed by atoms with Gasteiger partial charge in [0, 0.05) is 28.9 Å². The molecule has 106 valence electrons. The first-order valence-corrected chi connectivity index (χ1v) is 7.62. The average Bonchev–Trinajstić information content (AvgIpc) is 2.39. The molecule has 5 nitrogen and oxygen atoms in total. The van der Waals surface area contributed by atoms with Gasteiger partial charge in [0.15, 0.2) is 0 Å². The van der Waals surface area contributed by atoms with Crippen molar-refractivity contribution in [3.05, 3.63) is 23.8 Å². The third-order valence-corrected chi connectivity index (χ3v) is 4.31. The van der Waals surface area contributed by atoms with E-state index in [0.717, 1.165) is 6.42 Å². The molecular weight excluding hydrogens is 264 g/mol. The number of esters is 1. The molecule has 0 aromatic heterocycles. The van der Waals surface area contributed by atoms with Crippen LogP contribution < -0.4 is 11.1 Å². The van der Waals surface area contributed by atoms with Crippen LogP contribution in [0.5, 0.6) is 0 Å². The molecule has 0 aliphatic rings. The number of nitrogens with one attached hydrogen (secondary N) is 1. The van der Waals surface area contributed by atoms with E-state index in [9.17, 15) is 9.00 Å². The SMILES string of the molecule is COC(=O)c1cccc(NCCC(C)S(C)=O)c1N. The number of nitrogen functional groups attached to an aromatic ring is 1. The number of hydrogen-bond acceptors (Lipinski definition) is 5. The zero-order chi connectivity index (χ0) is 14.4. The zero-order valence-electron chi connectivity index (χ0n) is 11.4. The van der Waals surface area contributed by atoms with Gasteiger partial charge in [0.1, 0.15) is 0 Å². The summed E-state index contributed by atoms with van der Waals surface area (Å²) in [6.07, 6.45) is 2.46. The highest BCUT2D eigenvalue weighted by atomic mass is 32.2. The lowest BCUT2D eigenvalue weighted by Crippen LogP contribution is -2.16. The van der Waals surface area contributed by atoms with Crippen LogP contribution in [0, 0.1) is 0 Å². The van der Waals surface area contributed by atoms with Crippen LogP contribution in [0.2, 0.25) is 0 Å². The number of carbonyl (C=O) groups is 1. The van der Waals surface area contributed by atoms with Crippen molar-refractivity contribution < 1.29 is 13.7 Å². The van der Waals surface area contributed by atoms with Crippen molar-refractivity contribution in [2.75, 3.05) is 31.0 Å². The third kappa shape index (κ3) is 4.24. The Morgan fingerprint density at radius 3 is 2.79 bits per heavy atom. The van der Waals surface area contributed by atoms with Gasteiger partial charge in [-0.1, -0.05) is 13.0 Å². The average molecular weight is 284 g/mol. The minimum atomic E-state index is -0.832. The molecule has 1 rings (SSSR count). The molecule has 2 atom stereocenters. The van der Waals surface area contributed by atoms with E-state index in [4.69, 9.17) is 5.73 Å². The number of ether oxygens (including phenoxy) is 1. The Balaban J connectivity index is 2.69. The molecule has 3 N–H and O–H groups in total. The van der Waals surface area contributed by atoms with Gasteiger partial charge in [-0.3, -0.25) is 4.21 Å². The molecule has 19 heavy (non-hydrogen) atoms. The molecule has 0 bridgehead atoms. The molecule has 6 heteroatoms. The van der Waals surface area contributed by atoms with Crippen molar-refractivity contribution in [1.82, 2.24) is 0 Å². The standard InChI is InChI=1S/C13H20N2O3S/c1-9(19(3)17)7-8-15-11-6-4-5-10(12(11)14)13(16)18-2/h4-6,9,15H,7-8,14H2,1-3H3. The summed E-state index contributed by atoms with van der Waals surface area (Å²) < 4.78 is 15.9. The van der Waals surface area contributed by atoms with E-state index in [0.29, 0.717) is 23.5 Å². The summed E-state index contributed by atoms with van der Waals surface area (Å²) >= 11 is 0. The summed E-state index contributed by atoms with van der Waals surface area (Å²) in [5.74, 6) is -0.454. The molecule has 0 amide bonds. The van der Waals surface area contributed by atoms with Crippen LogP contribution in [0.15, 0.2) is 18.2 Å². The van der Waals surface area contributed by atoms with E-state index in [-0.39, 0.29) is 5.25 Å². The predicted molar refractivity (Wildman–Crippen MR) is 78.8 cm³/mol. The highest BCUT2D eigenvalue weighted by Crippen LogP contribution is 2.23. The Morgan fingerprint density at radius 2 is 2.21 bits per heavy atom. The van der Waals surface area contributed by atoms with E-state index < -0.39 is 16.8 Å². The fourth-order valence-electron chi connectivity index (χ4n) is 1.58. The van der Waals surface area contributed by atoms with Crippen molar-refractivity contribution in [3.8, 4) is 0 Å². The number of anilines is 2. The molecule has 2 unspecified atom stereocenters. The summed E-state index contributed by atoms with van der Waals surface area (Å²) in [6.45, 7) is 2.58. The minimum Gasteiger partial charge on any atom is -0.465 e. The summed E-state index contributed by atoms with van der Waals surface area (Å²) in [4.78, 5) is 11.5. The highest BCUT2D eigenvalue weighted by molar-refractivity contribution is 7.84. The molecule has 0 saturated carbocycles. The van der Waals surface area contributed by atoms with Crippen LogP contribution in [0.3, 0.4) is 0 Å². The van der Waals surface area contributed by atoms with Crippen molar-refractivity contribution >= 4 is 28.1 Å². The molecule has 0 radical (unpaired) electrons.